The van der Waals surface area contributed by atoms with Crippen LogP contribution < -0.4 is 0 Å². The van der Waals surface area contributed by atoms with Crippen LogP contribution in [0, 0.1) is 0 Å². The highest BCUT2D eigenvalue weighted by Crippen LogP contribution is 1.93. The Morgan fingerprint density at radius 1 is 1.38 bits per heavy atom. The van der Waals surface area contributed by atoms with Gasteiger partial charge in [-0.1, -0.05) is 6.58 Å². The number of rotatable bonds is 6. The van der Waals surface area contributed by atoms with Gasteiger partial charge in [-0.2, -0.15) is 0 Å². The topological polar surface area (TPSA) is 65.0 Å². The van der Waals surface area contributed by atoms with Crippen LogP contribution in [0.15, 0.2) is 12.7 Å². The van der Waals surface area contributed by atoms with Crippen molar-refractivity contribution in [1.29, 1.82) is 0 Å². The van der Waals surface area contributed by atoms with E-state index in [1.807, 2.05) is 13.8 Å². The predicted octanol–water partition coefficient (Wildman–Crippen LogP) is 0.764. The first-order chi connectivity index (χ1) is 7.51. The molecule has 0 aromatic rings. The van der Waals surface area contributed by atoms with Crippen LogP contribution in [0.25, 0.3) is 0 Å². The summed E-state index contributed by atoms with van der Waals surface area (Å²) < 4.78 is 14.2. The number of hydrogen-bond acceptors (Lipinski definition) is 5. The Morgan fingerprint density at radius 3 is 2.19 bits per heavy atom. The molecule has 0 rings (SSSR count). The van der Waals surface area contributed by atoms with Crippen molar-refractivity contribution in [3.05, 3.63) is 12.7 Å². The highest BCUT2D eigenvalue weighted by atomic mass is 16.5. The molecule has 0 aliphatic rings. The lowest BCUT2D eigenvalue weighted by molar-refractivity contribution is -0.134. The molecule has 5 heteroatoms. The van der Waals surface area contributed by atoms with E-state index in [1.54, 1.807) is 7.11 Å². The zero-order valence-electron chi connectivity index (χ0n) is 10.4. The largest absolute Gasteiger partial charge is 0.466 e. The fraction of sp³-hybridized carbons (Fsp3) is 0.727. The van der Waals surface area contributed by atoms with Crippen molar-refractivity contribution < 1.29 is 24.1 Å². The highest BCUT2D eigenvalue weighted by molar-refractivity contribution is 5.80. The van der Waals surface area contributed by atoms with Gasteiger partial charge in [0.2, 0.25) is 0 Å². The number of carbonyl (C=O) groups is 1. The van der Waals surface area contributed by atoms with Gasteiger partial charge in [-0.3, -0.25) is 0 Å². The van der Waals surface area contributed by atoms with Crippen LogP contribution in [0.4, 0.5) is 0 Å². The van der Waals surface area contributed by atoms with E-state index in [1.165, 1.54) is 7.11 Å². The second-order valence-corrected chi connectivity index (χ2v) is 3.10. The quantitative estimate of drug-likeness (QED) is 0.543. The van der Waals surface area contributed by atoms with Crippen LogP contribution in [-0.2, 0) is 19.0 Å². The first-order valence-corrected chi connectivity index (χ1v) is 4.97. The molecule has 0 bridgehead atoms. The monoisotopic (exact) mass is 234 g/mol. The summed E-state index contributed by atoms with van der Waals surface area (Å²) in [5.41, 5.74) is 0. The van der Waals surface area contributed by atoms with Crippen LogP contribution in [-0.4, -0.2) is 50.7 Å². The molecule has 16 heavy (non-hydrogen) atoms. The lowest BCUT2D eigenvalue weighted by Crippen LogP contribution is -2.21. The molecule has 2 atom stereocenters. The van der Waals surface area contributed by atoms with Gasteiger partial charge in [0.15, 0.2) is 0 Å². The van der Waals surface area contributed by atoms with Crippen LogP contribution in [0.2, 0.25) is 0 Å². The minimum atomic E-state index is -0.394. The summed E-state index contributed by atoms with van der Waals surface area (Å²) in [6, 6.07) is 0. The number of carbonyl (C=O) groups excluding carboxylic acids is 1. The molecule has 0 spiro atoms. The van der Waals surface area contributed by atoms with Gasteiger partial charge in [0.1, 0.15) is 0 Å². The van der Waals surface area contributed by atoms with E-state index in [9.17, 15) is 4.79 Å². The third-order valence-corrected chi connectivity index (χ3v) is 1.64. The van der Waals surface area contributed by atoms with Crippen molar-refractivity contribution >= 4 is 5.97 Å². The minimum Gasteiger partial charge on any atom is -0.466 e. The molecule has 0 saturated carbocycles. The van der Waals surface area contributed by atoms with Crippen molar-refractivity contribution in [3.63, 3.8) is 0 Å². The Bertz CT molecular complexity index is 171. The summed E-state index contributed by atoms with van der Waals surface area (Å²) in [5.74, 6) is -0.394. The van der Waals surface area contributed by atoms with Gasteiger partial charge in [-0.05, 0) is 13.8 Å². The van der Waals surface area contributed by atoms with E-state index < -0.39 is 5.97 Å². The van der Waals surface area contributed by atoms with E-state index in [2.05, 4.69) is 11.3 Å². The maximum Gasteiger partial charge on any atom is 0.329 e. The molecular weight excluding hydrogens is 212 g/mol. The number of esters is 1. The van der Waals surface area contributed by atoms with Crippen molar-refractivity contribution in [2.24, 2.45) is 0 Å². The second-order valence-electron chi connectivity index (χ2n) is 3.10. The molecule has 1 N–H and O–H groups in total. The van der Waals surface area contributed by atoms with E-state index >= 15 is 0 Å². The van der Waals surface area contributed by atoms with E-state index in [0.29, 0.717) is 6.61 Å². The third kappa shape index (κ3) is 13.1. The van der Waals surface area contributed by atoms with Gasteiger partial charge in [0, 0.05) is 13.2 Å². The average molecular weight is 234 g/mol. The number of aliphatic hydroxyl groups excluding tert-OH is 1. The molecular formula is C11H22O5. The van der Waals surface area contributed by atoms with Gasteiger partial charge in [-0.25, -0.2) is 4.79 Å². The van der Waals surface area contributed by atoms with E-state index in [4.69, 9.17) is 14.6 Å². The maximum absolute atomic E-state index is 9.84. The van der Waals surface area contributed by atoms with Crippen LogP contribution in [0.3, 0.4) is 0 Å². The number of ether oxygens (including phenoxy) is 3. The summed E-state index contributed by atoms with van der Waals surface area (Å²) in [4.78, 5) is 9.84. The molecule has 0 saturated heterocycles. The minimum absolute atomic E-state index is 0.0659. The Balaban J connectivity index is 0. The zero-order chi connectivity index (χ0) is 13.0. The lowest BCUT2D eigenvalue weighted by atomic mass is 10.4. The van der Waals surface area contributed by atoms with Crippen molar-refractivity contribution in [2.75, 3.05) is 27.4 Å². The number of hydrogen-bond donors (Lipinski definition) is 1. The molecule has 0 aliphatic heterocycles. The second kappa shape index (κ2) is 12.2. The molecule has 0 fully saturated rings. The summed E-state index contributed by atoms with van der Waals surface area (Å²) in [7, 11) is 2.95. The van der Waals surface area contributed by atoms with Crippen molar-refractivity contribution in [1.82, 2.24) is 0 Å². The van der Waals surface area contributed by atoms with Gasteiger partial charge in [0.05, 0.1) is 32.5 Å². The SMILES string of the molecule is C=CC(=O)OC.COC(C)COC(C)CO. The van der Waals surface area contributed by atoms with E-state index in [0.717, 1.165) is 6.08 Å². The summed E-state index contributed by atoms with van der Waals surface area (Å²) in [6.07, 6.45) is 1.13. The van der Waals surface area contributed by atoms with Crippen LogP contribution >= 0.6 is 0 Å². The molecule has 0 aliphatic carbocycles. The van der Waals surface area contributed by atoms with Crippen molar-refractivity contribution in [2.45, 2.75) is 26.1 Å². The normalized spacial score (nSPS) is 13.1. The molecule has 0 heterocycles. The number of aliphatic hydroxyl groups is 1. The van der Waals surface area contributed by atoms with Gasteiger partial charge in [-0.15, -0.1) is 0 Å². The Morgan fingerprint density at radius 2 is 1.94 bits per heavy atom. The van der Waals surface area contributed by atoms with E-state index in [-0.39, 0.29) is 18.8 Å². The first kappa shape index (κ1) is 17.5. The maximum atomic E-state index is 9.84. The lowest BCUT2D eigenvalue weighted by Gasteiger charge is -2.13. The molecule has 0 radical (unpaired) electrons. The Hall–Kier alpha value is -0.910. The fourth-order valence-electron chi connectivity index (χ4n) is 0.504. The molecule has 96 valence electrons. The van der Waals surface area contributed by atoms with Crippen LogP contribution in [0.1, 0.15) is 13.8 Å². The molecule has 0 amide bonds. The predicted molar refractivity (Wildman–Crippen MR) is 61.2 cm³/mol. The first-order valence-electron chi connectivity index (χ1n) is 4.97. The summed E-state index contributed by atoms with van der Waals surface area (Å²) in [6.45, 7) is 7.51. The Labute approximate surface area is 97.0 Å². The summed E-state index contributed by atoms with van der Waals surface area (Å²) in [5, 5.41) is 8.55. The van der Waals surface area contributed by atoms with Gasteiger partial charge < -0.3 is 19.3 Å². The number of methoxy groups -OCH3 is 2. The highest BCUT2D eigenvalue weighted by Gasteiger charge is 2.03. The average Bonchev–Trinajstić information content (AvgIpc) is 2.34. The smallest absolute Gasteiger partial charge is 0.329 e. The zero-order valence-corrected chi connectivity index (χ0v) is 10.4. The summed E-state index contributed by atoms with van der Waals surface area (Å²) >= 11 is 0. The third-order valence-electron chi connectivity index (χ3n) is 1.64. The van der Waals surface area contributed by atoms with Gasteiger partial charge >= 0.3 is 5.97 Å². The van der Waals surface area contributed by atoms with Gasteiger partial charge in [0.25, 0.3) is 0 Å². The van der Waals surface area contributed by atoms with Crippen LogP contribution in [0.5, 0.6) is 0 Å². The van der Waals surface area contributed by atoms with Crippen molar-refractivity contribution in [3.8, 4) is 0 Å². The molecule has 2 unspecified atom stereocenters. The molecule has 0 aromatic carbocycles. The molecule has 5 nitrogen and oxygen atoms in total. The molecule has 0 aromatic heterocycles. The fourth-order valence-corrected chi connectivity index (χ4v) is 0.504. The standard InChI is InChI=1S/C7H16O3.C4H6O2/c1-6(4-8)10-5-7(2)9-3;1-3-4(5)6-2/h6-8H,4-5H2,1-3H3;3H,1H2,2H3. The Kier molecular flexibility index (Phi) is 13.3.